The Balaban J connectivity index is 2.67. The van der Waals surface area contributed by atoms with E-state index in [4.69, 9.17) is 0 Å². The Kier molecular flexibility index (Phi) is 8.26. The van der Waals surface area contributed by atoms with Crippen LogP contribution in [0.5, 0.6) is 11.5 Å². The second-order valence-electron chi connectivity index (χ2n) is 9.24. The Hall–Kier alpha value is -2.12. The van der Waals surface area contributed by atoms with Crippen LogP contribution < -0.4 is 0 Å². The molecule has 0 bridgehead atoms. The summed E-state index contributed by atoms with van der Waals surface area (Å²) in [6.07, 6.45) is 0. The Labute approximate surface area is 181 Å². The van der Waals surface area contributed by atoms with Gasteiger partial charge in [0.25, 0.3) is 0 Å². The van der Waals surface area contributed by atoms with Crippen molar-refractivity contribution in [3.63, 3.8) is 0 Å². The van der Waals surface area contributed by atoms with Crippen molar-refractivity contribution in [2.24, 2.45) is 0 Å². The van der Waals surface area contributed by atoms with E-state index >= 15 is 0 Å². The standard InChI is InChI=1S/C24H38N4O2/c1-25(2)13-19-9-17(10-20(23(19)29)14-26(3)4)18-11-21(15-27(5)6)24(30)22(12-18)16-28(7)8/h9-12,29-30H,13-16H2,1-8H3. The van der Waals surface area contributed by atoms with Crippen molar-refractivity contribution in [2.45, 2.75) is 26.2 Å². The molecule has 0 heterocycles. The Morgan fingerprint density at radius 1 is 0.467 bits per heavy atom. The minimum absolute atomic E-state index is 0.363. The van der Waals surface area contributed by atoms with Gasteiger partial charge in [-0.05, 0) is 91.8 Å². The summed E-state index contributed by atoms with van der Waals surface area (Å²) < 4.78 is 0. The molecule has 2 rings (SSSR count). The van der Waals surface area contributed by atoms with Gasteiger partial charge in [0.15, 0.2) is 0 Å². The number of hydrogen-bond donors (Lipinski definition) is 2. The first-order valence-electron chi connectivity index (χ1n) is 10.3. The molecule has 0 aliphatic carbocycles. The van der Waals surface area contributed by atoms with Crippen LogP contribution in [-0.4, -0.2) is 86.2 Å². The van der Waals surface area contributed by atoms with Crippen molar-refractivity contribution in [1.82, 2.24) is 19.6 Å². The number of phenolic OH excluding ortho intramolecular Hbond substituents is 2. The molecular weight excluding hydrogens is 376 g/mol. The van der Waals surface area contributed by atoms with E-state index in [-0.39, 0.29) is 0 Å². The second-order valence-corrected chi connectivity index (χ2v) is 9.24. The van der Waals surface area contributed by atoms with E-state index in [9.17, 15) is 10.2 Å². The summed E-state index contributed by atoms with van der Waals surface area (Å²) in [6, 6.07) is 8.28. The van der Waals surface area contributed by atoms with Crippen molar-refractivity contribution in [3.05, 3.63) is 46.5 Å². The lowest BCUT2D eigenvalue weighted by atomic mass is 9.94. The topological polar surface area (TPSA) is 53.4 Å². The van der Waals surface area contributed by atoms with Gasteiger partial charge in [-0.3, -0.25) is 0 Å². The summed E-state index contributed by atoms with van der Waals surface area (Å²) in [5.41, 5.74) is 5.75. The summed E-state index contributed by atoms with van der Waals surface area (Å²) in [5.74, 6) is 0.726. The molecule has 2 aromatic carbocycles. The smallest absolute Gasteiger partial charge is 0.124 e. The number of benzene rings is 2. The average Bonchev–Trinajstić information content (AvgIpc) is 2.60. The summed E-state index contributed by atoms with van der Waals surface area (Å²) in [6.45, 7) is 2.64. The molecule has 6 heteroatoms. The first kappa shape index (κ1) is 24.2. The molecule has 30 heavy (non-hydrogen) atoms. The highest BCUT2D eigenvalue weighted by Crippen LogP contribution is 2.35. The lowest BCUT2D eigenvalue weighted by Crippen LogP contribution is -2.15. The second kappa shape index (κ2) is 10.3. The van der Waals surface area contributed by atoms with E-state index in [0.717, 1.165) is 33.4 Å². The molecule has 0 aromatic heterocycles. The molecular formula is C24H38N4O2. The van der Waals surface area contributed by atoms with Crippen LogP contribution in [0.15, 0.2) is 24.3 Å². The number of hydrogen-bond acceptors (Lipinski definition) is 6. The van der Waals surface area contributed by atoms with Crippen molar-refractivity contribution < 1.29 is 10.2 Å². The van der Waals surface area contributed by atoms with Crippen LogP contribution in [0.1, 0.15) is 22.3 Å². The fraction of sp³-hybridized carbons (Fsp3) is 0.500. The maximum Gasteiger partial charge on any atom is 0.124 e. The highest BCUT2D eigenvalue weighted by atomic mass is 16.3. The Morgan fingerprint density at radius 3 is 0.833 bits per heavy atom. The van der Waals surface area contributed by atoms with Crippen LogP contribution in [0.3, 0.4) is 0 Å². The zero-order valence-electron chi connectivity index (χ0n) is 19.8. The first-order chi connectivity index (χ1) is 14.0. The summed E-state index contributed by atoms with van der Waals surface area (Å²) >= 11 is 0. The largest absolute Gasteiger partial charge is 0.507 e. The highest BCUT2D eigenvalue weighted by molar-refractivity contribution is 5.70. The molecule has 0 fully saturated rings. The molecule has 0 unspecified atom stereocenters. The monoisotopic (exact) mass is 414 g/mol. The lowest BCUT2D eigenvalue weighted by molar-refractivity contribution is 0.368. The van der Waals surface area contributed by atoms with Gasteiger partial charge in [0.05, 0.1) is 0 Å². The molecule has 0 spiro atoms. The van der Waals surface area contributed by atoms with E-state index in [1.165, 1.54) is 0 Å². The van der Waals surface area contributed by atoms with Crippen LogP contribution in [0.2, 0.25) is 0 Å². The van der Waals surface area contributed by atoms with Crippen molar-refractivity contribution in [3.8, 4) is 22.6 Å². The molecule has 0 saturated heterocycles. The van der Waals surface area contributed by atoms with Gasteiger partial charge in [0.1, 0.15) is 11.5 Å². The van der Waals surface area contributed by atoms with E-state index in [1.54, 1.807) is 0 Å². The molecule has 0 amide bonds. The zero-order chi connectivity index (χ0) is 22.6. The fourth-order valence-corrected chi connectivity index (χ4v) is 3.70. The molecule has 166 valence electrons. The molecule has 0 radical (unpaired) electrons. The minimum atomic E-state index is 0.363. The zero-order valence-corrected chi connectivity index (χ0v) is 19.8. The van der Waals surface area contributed by atoms with Crippen LogP contribution in [0.25, 0.3) is 11.1 Å². The van der Waals surface area contributed by atoms with E-state index in [0.29, 0.717) is 37.7 Å². The molecule has 0 saturated carbocycles. The van der Waals surface area contributed by atoms with E-state index < -0.39 is 0 Å². The van der Waals surface area contributed by atoms with Crippen LogP contribution >= 0.6 is 0 Å². The predicted octanol–water partition coefficient (Wildman–Crippen LogP) is 3.01. The van der Waals surface area contributed by atoms with Gasteiger partial charge in [0.2, 0.25) is 0 Å². The third kappa shape index (κ3) is 6.44. The Bertz CT molecular complexity index is 727. The highest BCUT2D eigenvalue weighted by Gasteiger charge is 2.16. The summed E-state index contributed by atoms with van der Waals surface area (Å²) in [5, 5.41) is 21.7. The number of rotatable bonds is 9. The van der Waals surface area contributed by atoms with Gasteiger partial charge in [-0.25, -0.2) is 0 Å². The summed E-state index contributed by atoms with van der Waals surface area (Å²) in [4.78, 5) is 8.24. The molecule has 6 nitrogen and oxygen atoms in total. The molecule has 2 aromatic rings. The predicted molar refractivity (Wildman–Crippen MR) is 125 cm³/mol. The number of nitrogens with zero attached hydrogens (tertiary/aromatic N) is 4. The van der Waals surface area contributed by atoms with Gasteiger partial charge in [-0.1, -0.05) is 0 Å². The van der Waals surface area contributed by atoms with Gasteiger partial charge < -0.3 is 29.8 Å². The van der Waals surface area contributed by atoms with Crippen molar-refractivity contribution in [1.29, 1.82) is 0 Å². The van der Waals surface area contributed by atoms with Crippen LogP contribution in [-0.2, 0) is 26.2 Å². The Morgan fingerprint density at radius 2 is 0.667 bits per heavy atom. The maximum atomic E-state index is 10.8. The van der Waals surface area contributed by atoms with Gasteiger partial charge >= 0.3 is 0 Å². The van der Waals surface area contributed by atoms with Crippen molar-refractivity contribution >= 4 is 0 Å². The van der Waals surface area contributed by atoms with Crippen molar-refractivity contribution in [2.75, 3.05) is 56.4 Å². The minimum Gasteiger partial charge on any atom is -0.507 e. The van der Waals surface area contributed by atoms with Gasteiger partial charge in [-0.15, -0.1) is 0 Å². The normalized spacial score (nSPS) is 12.0. The van der Waals surface area contributed by atoms with Gasteiger partial charge in [0, 0.05) is 48.4 Å². The number of aromatic hydroxyl groups is 2. The molecule has 0 atom stereocenters. The lowest BCUT2D eigenvalue weighted by Gasteiger charge is -2.21. The molecule has 2 N–H and O–H groups in total. The van der Waals surface area contributed by atoms with Crippen LogP contribution in [0.4, 0.5) is 0 Å². The SMILES string of the molecule is CN(C)Cc1cc(-c2cc(CN(C)C)c(O)c(CN(C)C)c2)cc(CN(C)C)c1O. The average molecular weight is 415 g/mol. The first-order valence-corrected chi connectivity index (χ1v) is 10.3. The number of phenols is 2. The van der Waals surface area contributed by atoms with Gasteiger partial charge in [-0.2, -0.15) is 0 Å². The van der Waals surface area contributed by atoms with E-state index in [2.05, 4.69) is 43.9 Å². The third-order valence-corrected chi connectivity index (χ3v) is 4.82. The maximum absolute atomic E-state index is 10.8. The van der Waals surface area contributed by atoms with E-state index in [1.807, 2.05) is 56.4 Å². The third-order valence-electron chi connectivity index (χ3n) is 4.82. The summed E-state index contributed by atoms with van der Waals surface area (Å²) in [7, 11) is 16.0. The van der Waals surface area contributed by atoms with Crippen LogP contribution in [0, 0.1) is 0 Å². The molecule has 0 aliphatic heterocycles. The quantitative estimate of drug-likeness (QED) is 0.658. The fourth-order valence-electron chi connectivity index (χ4n) is 3.70. The molecule has 0 aliphatic rings.